The lowest BCUT2D eigenvalue weighted by Gasteiger charge is -2.18. The molecule has 3 amide bonds. The van der Waals surface area contributed by atoms with Crippen molar-refractivity contribution in [2.24, 2.45) is 0 Å². The van der Waals surface area contributed by atoms with E-state index in [1.165, 1.54) is 25.3 Å². The molecule has 0 aromatic heterocycles. The van der Waals surface area contributed by atoms with E-state index in [4.69, 9.17) is 9.47 Å². The number of nitrogens with zero attached hydrogens (tertiary/aromatic N) is 4. The van der Waals surface area contributed by atoms with Crippen LogP contribution in [0.1, 0.15) is 18.4 Å². The molecule has 13 nitrogen and oxygen atoms in total. The van der Waals surface area contributed by atoms with Crippen molar-refractivity contribution in [3.05, 3.63) is 67.1 Å². The zero-order chi connectivity index (χ0) is 26.7. The lowest BCUT2D eigenvalue weighted by atomic mass is 10.1. The van der Waals surface area contributed by atoms with Crippen molar-refractivity contribution in [1.82, 2.24) is 9.80 Å². The van der Waals surface area contributed by atoms with Gasteiger partial charge in [0.15, 0.2) is 11.5 Å². The first-order valence-corrected chi connectivity index (χ1v) is 11.8. The first kappa shape index (κ1) is 25.6. The summed E-state index contributed by atoms with van der Waals surface area (Å²) in [7, 11) is 1.34. The summed E-state index contributed by atoms with van der Waals surface area (Å²) >= 11 is 0.716. The second kappa shape index (κ2) is 10.7. The highest BCUT2D eigenvalue weighted by Crippen LogP contribution is 2.39. The Morgan fingerprint density at radius 3 is 2.38 bits per heavy atom. The maximum Gasteiger partial charge on any atom is 0.318 e. The van der Waals surface area contributed by atoms with Gasteiger partial charge in [-0.15, -0.1) is 0 Å². The van der Waals surface area contributed by atoms with Gasteiger partial charge in [-0.25, -0.2) is 0 Å². The number of hydrogen-bond acceptors (Lipinski definition) is 10. The van der Waals surface area contributed by atoms with E-state index in [-0.39, 0.29) is 34.6 Å². The van der Waals surface area contributed by atoms with E-state index >= 15 is 0 Å². The molecule has 37 heavy (non-hydrogen) atoms. The maximum atomic E-state index is 12.8. The van der Waals surface area contributed by atoms with Crippen LogP contribution >= 0.6 is 11.8 Å². The average Bonchev–Trinajstić information content (AvgIpc) is 3.50. The van der Waals surface area contributed by atoms with Gasteiger partial charge in [0.2, 0.25) is 11.7 Å². The first-order chi connectivity index (χ1) is 17.7. The predicted molar refractivity (Wildman–Crippen MR) is 131 cm³/mol. The molecule has 0 atom stereocenters. The third kappa shape index (κ3) is 5.53. The van der Waals surface area contributed by atoms with E-state index < -0.39 is 32.4 Å². The summed E-state index contributed by atoms with van der Waals surface area (Å²) in [4.78, 5) is 61.0. The minimum absolute atomic E-state index is 0.0842. The smallest absolute Gasteiger partial charge is 0.318 e. The molecular formula is C23H20N4O9S. The summed E-state index contributed by atoms with van der Waals surface area (Å²) in [5.74, 6) is -0.843. The monoisotopic (exact) mass is 528 g/mol. The molecule has 0 spiro atoms. The van der Waals surface area contributed by atoms with Gasteiger partial charge in [-0.3, -0.25) is 39.5 Å². The van der Waals surface area contributed by atoms with Gasteiger partial charge in [-0.05, 0) is 54.4 Å². The van der Waals surface area contributed by atoms with Crippen LogP contribution < -0.4 is 9.47 Å². The molecule has 2 fully saturated rings. The normalized spacial score (nSPS) is 16.4. The van der Waals surface area contributed by atoms with Crippen molar-refractivity contribution in [2.75, 3.05) is 26.7 Å². The molecule has 0 bridgehead atoms. The summed E-state index contributed by atoms with van der Waals surface area (Å²) in [6, 6.07) is 7.46. The van der Waals surface area contributed by atoms with Crippen LogP contribution in [0.5, 0.6) is 17.2 Å². The molecule has 0 saturated carbocycles. The molecule has 2 aliphatic rings. The third-order valence-electron chi connectivity index (χ3n) is 5.68. The number of methoxy groups -OCH3 is 1. The molecule has 2 saturated heterocycles. The average molecular weight is 528 g/mol. The van der Waals surface area contributed by atoms with Crippen LogP contribution in [0, 0.1) is 20.2 Å². The van der Waals surface area contributed by atoms with Crippen LogP contribution in [0.25, 0.3) is 6.08 Å². The number of nitro benzene ring substituents is 2. The Kier molecular flexibility index (Phi) is 7.38. The van der Waals surface area contributed by atoms with E-state index in [9.17, 15) is 34.6 Å². The zero-order valence-corrected chi connectivity index (χ0v) is 20.3. The number of carbonyl (C=O) groups is 3. The number of hydrogen-bond donors (Lipinski definition) is 0. The second-order valence-electron chi connectivity index (χ2n) is 8.03. The standard InChI is InChI=1S/C23H20N4O9S/c1-35-19-10-14(4-6-18(19)36-17-7-5-15(26(31)32)12-16(17)27(33)34)11-20-22(29)25(23(30)37-20)13-21(28)24-8-2-3-9-24/h4-7,10-12H,2-3,8-9,13H2,1H3/b20-11-. The van der Waals surface area contributed by atoms with Crippen LogP contribution in [0.4, 0.5) is 16.2 Å². The van der Waals surface area contributed by atoms with E-state index in [1.54, 1.807) is 11.0 Å². The Bertz CT molecular complexity index is 1340. The van der Waals surface area contributed by atoms with Crippen LogP contribution in [0.3, 0.4) is 0 Å². The second-order valence-corrected chi connectivity index (χ2v) is 9.03. The fourth-order valence-electron chi connectivity index (χ4n) is 3.81. The number of non-ortho nitro benzene ring substituents is 1. The van der Waals surface area contributed by atoms with Gasteiger partial charge in [0.25, 0.3) is 16.8 Å². The quantitative estimate of drug-likeness (QED) is 0.278. The highest BCUT2D eigenvalue weighted by molar-refractivity contribution is 8.18. The highest BCUT2D eigenvalue weighted by atomic mass is 32.2. The van der Waals surface area contributed by atoms with E-state index in [0.717, 1.165) is 35.9 Å². The van der Waals surface area contributed by atoms with Gasteiger partial charge < -0.3 is 14.4 Å². The van der Waals surface area contributed by atoms with Crippen LogP contribution in [-0.2, 0) is 9.59 Å². The van der Waals surface area contributed by atoms with Crippen LogP contribution in [0.2, 0.25) is 0 Å². The number of nitro groups is 2. The molecule has 192 valence electrons. The van der Waals surface area contributed by atoms with Crippen LogP contribution in [0.15, 0.2) is 41.3 Å². The summed E-state index contributed by atoms with van der Waals surface area (Å²) in [5, 5.41) is 21.8. The molecule has 2 aromatic carbocycles. The van der Waals surface area contributed by atoms with Gasteiger partial charge in [0, 0.05) is 19.2 Å². The molecule has 0 aliphatic carbocycles. The number of rotatable bonds is 8. The lowest BCUT2D eigenvalue weighted by molar-refractivity contribution is -0.394. The van der Waals surface area contributed by atoms with E-state index in [2.05, 4.69) is 0 Å². The molecule has 0 radical (unpaired) electrons. The van der Waals surface area contributed by atoms with Gasteiger partial charge >= 0.3 is 5.69 Å². The Labute approximate surface area is 213 Å². The fourth-order valence-corrected chi connectivity index (χ4v) is 4.65. The zero-order valence-electron chi connectivity index (χ0n) is 19.4. The molecular weight excluding hydrogens is 508 g/mol. The van der Waals surface area contributed by atoms with Crippen molar-refractivity contribution >= 4 is 46.3 Å². The number of amides is 3. The largest absolute Gasteiger partial charge is 0.493 e. The molecule has 2 aliphatic heterocycles. The van der Waals surface area contributed by atoms with Gasteiger partial charge in [0.1, 0.15) is 6.54 Å². The molecule has 4 rings (SSSR count). The minimum atomic E-state index is -0.798. The lowest BCUT2D eigenvalue weighted by Crippen LogP contribution is -2.40. The number of likely N-dealkylation sites (tertiary alicyclic amines) is 1. The van der Waals surface area contributed by atoms with Crippen molar-refractivity contribution < 1.29 is 33.7 Å². The highest BCUT2D eigenvalue weighted by Gasteiger charge is 2.37. The SMILES string of the molecule is COc1cc(/C=C2\SC(=O)N(CC(=O)N3CCCC3)C2=O)ccc1Oc1ccc([N+](=O)[O-])cc1[N+](=O)[O-]. The Hall–Kier alpha value is -4.46. The molecule has 2 aromatic rings. The molecule has 0 N–H and O–H groups in total. The van der Waals surface area contributed by atoms with Gasteiger partial charge in [-0.1, -0.05) is 6.07 Å². The van der Waals surface area contributed by atoms with Crippen LogP contribution in [-0.4, -0.2) is 63.4 Å². The number of carbonyl (C=O) groups excluding carboxylic acids is 3. The van der Waals surface area contributed by atoms with E-state index in [1.807, 2.05) is 0 Å². The number of benzene rings is 2. The minimum Gasteiger partial charge on any atom is -0.493 e. The predicted octanol–water partition coefficient (Wildman–Crippen LogP) is 3.96. The molecule has 2 heterocycles. The van der Waals surface area contributed by atoms with Crippen molar-refractivity contribution in [3.8, 4) is 17.2 Å². The first-order valence-electron chi connectivity index (χ1n) is 11.0. The Morgan fingerprint density at radius 1 is 1.03 bits per heavy atom. The Morgan fingerprint density at radius 2 is 1.73 bits per heavy atom. The van der Waals surface area contributed by atoms with Crippen molar-refractivity contribution in [1.29, 1.82) is 0 Å². The number of thioether (sulfide) groups is 1. The number of imide groups is 1. The van der Waals surface area contributed by atoms with Crippen molar-refractivity contribution in [2.45, 2.75) is 12.8 Å². The topological polar surface area (TPSA) is 162 Å². The van der Waals surface area contributed by atoms with Crippen molar-refractivity contribution in [3.63, 3.8) is 0 Å². The molecule has 0 unspecified atom stereocenters. The summed E-state index contributed by atoms with van der Waals surface area (Å²) in [5.41, 5.74) is -0.589. The Balaban J connectivity index is 1.54. The summed E-state index contributed by atoms with van der Waals surface area (Å²) < 4.78 is 10.9. The molecule has 14 heteroatoms. The van der Waals surface area contributed by atoms with Gasteiger partial charge in [-0.2, -0.15) is 0 Å². The fraction of sp³-hybridized carbons (Fsp3) is 0.261. The maximum absolute atomic E-state index is 12.8. The van der Waals surface area contributed by atoms with Gasteiger partial charge in [0.05, 0.1) is 27.9 Å². The number of ether oxygens (including phenoxy) is 2. The van der Waals surface area contributed by atoms with E-state index in [0.29, 0.717) is 30.4 Å². The summed E-state index contributed by atoms with van der Waals surface area (Å²) in [6.45, 7) is 0.913. The summed E-state index contributed by atoms with van der Waals surface area (Å²) in [6.07, 6.45) is 3.26. The third-order valence-corrected chi connectivity index (χ3v) is 6.59.